The molecule has 0 radical (unpaired) electrons. The molecule has 0 aliphatic carbocycles. The summed E-state index contributed by atoms with van der Waals surface area (Å²) in [5.41, 5.74) is 7.65. The van der Waals surface area contributed by atoms with E-state index >= 15 is 0 Å². The van der Waals surface area contributed by atoms with Crippen molar-refractivity contribution >= 4 is 5.78 Å². The van der Waals surface area contributed by atoms with Gasteiger partial charge in [-0.05, 0) is 11.0 Å². The Morgan fingerprint density at radius 3 is 2.24 bits per heavy atom. The van der Waals surface area contributed by atoms with E-state index in [-0.39, 0.29) is 17.8 Å². The van der Waals surface area contributed by atoms with Crippen molar-refractivity contribution < 1.29 is 9.53 Å². The number of rotatable bonds is 4. The first-order valence-corrected chi connectivity index (χ1v) is 5.75. The molecule has 0 aromatic heterocycles. The number of ketones is 1. The number of nitrogens with two attached hydrogens (primary N) is 1. The van der Waals surface area contributed by atoms with Crippen molar-refractivity contribution in [2.24, 2.45) is 5.73 Å². The summed E-state index contributed by atoms with van der Waals surface area (Å²) in [6, 6.07) is 7.04. The highest BCUT2D eigenvalue weighted by Gasteiger charge is 2.17. The lowest BCUT2D eigenvalue weighted by atomic mass is 9.86. The van der Waals surface area contributed by atoms with E-state index in [9.17, 15) is 4.79 Å². The summed E-state index contributed by atoms with van der Waals surface area (Å²) in [5, 5.41) is 0. The van der Waals surface area contributed by atoms with Crippen LogP contribution in [0.4, 0.5) is 0 Å². The second kappa shape index (κ2) is 5.43. The second-order valence-corrected chi connectivity index (χ2v) is 5.25. The minimum Gasteiger partial charge on any atom is -0.383 e. The molecule has 0 aliphatic heterocycles. The van der Waals surface area contributed by atoms with E-state index in [4.69, 9.17) is 10.5 Å². The molecule has 0 spiro atoms. The van der Waals surface area contributed by atoms with Gasteiger partial charge >= 0.3 is 0 Å². The number of benzene rings is 1. The molecule has 0 saturated heterocycles. The fourth-order valence-corrected chi connectivity index (χ4v) is 1.60. The predicted molar refractivity (Wildman–Crippen MR) is 69.3 cm³/mol. The summed E-state index contributed by atoms with van der Waals surface area (Å²) in [4.78, 5) is 11.9. The van der Waals surface area contributed by atoms with Crippen molar-refractivity contribution in [3.8, 4) is 0 Å². The van der Waals surface area contributed by atoms with Crippen molar-refractivity contribution in [3.63, 3.8) is 0 Å². The quantitative estimate of drug-likeness (QED) is 0.813. The number of hydrogen-bond donors (Lipinski definition) is 1. The number of methoxy groups -OCH3 is 1. The standard InChI is InChI=1S/C14H21NO2/c1-14(2,3)11-7-5-10(6-8-11)13(16)12(15)9-17-4/h5-8,12H,9,15H2,1-4H3. The number of carbonyl (C=O) groups is 1. The summed E-state index contributed by atoms with van der Waals surface area (Å²) < 4.78 is 4.88. The molecule has 3 heteroatoms. The van der Waals surface area contributed by atoms with Gasteiger partial charge in [-0.1, -0.05) is 45.0 Å². The molecule has 1 rings (SSSR count). The molecule has 0 heterocycles. The Labute approximate surface area is 103 Å². The van der Waals surface area contributed by atoms with E-state index in [1.165, 1.54) is 12.7 Å². The third kappa shape index (κ3) is 3.65. The van der Waals surface area contributed by atoms with Crippen LogP contribution in [0.3, 0.4) is 0 Å². The molecule has 3 nitrogen and oxygen atoms in total. The van der Waals surface area contributed by atoms with Crippen LogP contribution in [-0.4, -0.2) is 25.5 Å². The molecule has 1 atom stereocenters. The van der Waals surface area contributed by atoms with Gasteiger partial charge in [-0.15, -0.1) is 0 Å². The first kappa shape index (κ1) is 13.9. The van der Waals surface area contributed by atoms with Gasteiger partial charge in [0.15, 0.2) is 5.78 Å². The van der Waals surface area contributed by atoms with Gasteiger partial charge in [-0.25, -0.2) is 0 Å². The lowest BCUT2D eigenvalue weighted by molar-refractivity contribution is 0.0892. The van der Waals surface area contributed by atoms with E-state index < -0.39 is 6.04 Å². The average Bonchev–Trinajstić information content (AvgIpc) is 2.27. The highest BCUT2D eigenvalue weighted by Crippen LogP contribution is 2.22. The molecule has 0 amide bonds. The number of carbonyl (C=O) groups excluding carboxylic acids is 1. The van der Waals surface area contributed by atoms with Gasteiger partial charge in [0.2, 0.25) is 0 Å². The normalized spacial score (nSPS) is 13.5. The zero-order valence-electron chi connectivity index (χ0n) is 11.0. The third-order valence-electron chi connectivity index (χ3n) is 2.72. The second-order valence-electron chi connectivity index (χ2n) is 5.25. The van der Waals surface area contributed by atoms with E-state index in [2.05, 4.69) is 20.8 Å². The van der Waals surface area contributed by atoms with Gasteiger partial charge in [-0.3, -0.25) is 4.79 Å². The lowest BCUT2D eigenvalue weighted by Gasteiger charge is -2.19. The SMILES string of the molecule is COCC(N)C(=O)c1ccc(C(C)(C)C)cc1. The van der Waals surface area contributed by atoms with Crippen LogP contribution in [0.2, 0.25) is 0 Å². The number of hydrogen-bond acceptors (Lipinski definition) is 3. The van der Waals surface area contributed by atoms with Gasteiger partial charge in [0.25, 0.3) is 0 Å². The molecule has 17 heavy (non-hydrogen) atoms. The van der Waals surface area contributed by atoms with Gasteiger partial charge < -0.3 is 10.5 Å². The van der Waals surface area contributed by atoms with Crippen molar-refractivity contribution in [1.29, 1.82) is 0 Å². The maximum Gasteiger partial charge on any atom is 0.181 e. The Kier molecular flexibility index (Phi) is 4.43. The van der Waals surface area contributed by atoms with Crippen LogP contribution in [0, 0.1) is 0 Å². The first-order chi connectivity index (χ1) is 7.86. The first-order valence-electron chi connectivity index (χ1n) is 5.75. The maximum atomic E-state index is 11.9. The van der Waals surface area contributed by atoms with E-state index in [0.29, 0.717) is 5.56 Å². The highest BCUT2D eigenvalue weighted by molar-refractivity contribution is 6.00. The monoisotopic (exact) mass is 235 g/mol. The molecule has 1 aromatic rings. The molecule has 1 aromatic carbocycles. The minimum atomic E-state index is -0.583. The molecule has 0 bridgehead atoms. The fourth-order valence-electron chi connectivity index (χ4n) is 1.60. The zero-order valence-corrected chi connectivity index (χ0v) is 11.0. The minimum absolute atomic E-state index is 0.0766. The summed E-state index contributed by atoms with van der Waals surface area (Å²) in [7, 11) is 1.54. The Hall–Kier alpha value is -1.19. The predicted octanol–water partition coefficient (Wildman–Crippen LogP) is 2.14. The summed E-state index contributed by atoms with van der Waals surface area (Å²) in [6.45, 7) is 6.67. The van der Waals surface area contributed by atoms with E-state index in [1.54, 1.807) is 0 Å². The summed E-state index contributed by atoms with van der Waals surface area (Å²) in [5.74, 6) is -0.0766. The molecule has 0 fully saturated rings. The lowest BCUT2D eigenvalue weighted by Crippen LogP contribution is -2.34. The molecular formula is C14H21NO2. The summed E-state index contributed by atoms with van der Waals surface area (Å²) in [6.07, 6.45) is 0. The largest absolute Gasteiger partial charge is 0.383 e. The average molecular weight is 235 g/mol. The Balaban J connectivity index is 2.84. The van der Waals surface area contributed by atoms with Crippen LogP contribution in [-0.2, 0) is 10.2 Å². The number of ether oxygens (including phenoxy) is 1. The van der Waals surface area contributed by atoms with E-state index in [1.807, 2.05) is 24.3 Å². The zero-order chi connectivity index (χ0) is 13.1. The van der Waals surface area contributed by atoms with Gasteiger partial charge in [0.1, 0.15) is 0 Å². The molecule has 0 saturated carbocycles. The van der Waals surface area contributed by atoms with Crippen LogP contribution >= 0.6 is 0 Å². The van der Waals surface area contributed by atoms with Crippen molar-refractivity contribution in [2.45, 2.75) is 32.2 Å². The molecule has 2 N–H and O–H groups in total. The van der Waals surface area contributed by atoms with Gasteiger partial charge in [0, 0.05) is 12.7 Å². The molecular weight excluding hydrogens is 214 g/mol. The van der Waals surface area contributed by atoms with Crippen LogP contribution in [0.25, 0.3) is 0 Å². The van der Waals surface area contributed by atoms with Gasteiger partial charge in [0.05, 0.1) is 12.6 Å². The van der Waals surface area contributed by atoms with E-state index in [0.717, 1.165) is 0 Å². The van der Waals surface area contributed by atoms with Crippen molar-refractivity contribution in [2.75, 3.05) is 13.7 Å². The highest BCUT2D eigenvalue weighted by atomic mass is 16.5. The Morgan fingerprint density at radius 1 is 1.29 bits per heavy atom. The Morgan fingerprint density at radius 2 is 1.82 bits per heavy atom. The maximum absolute atomic E-state index is 11.9. The van der Waals surface area contributed by atoms with Crippen LogP contribution < -0.4 is 5.73 Å². The van der Waals surface area contributed by atoms with Crippen molar-refractivity contribution in [3.05, 3.63) is 35.4 Å². The fraction of sp³-hybridized carbons (Fsp3) is 0.500. The molecule has 94 valence electrons. The van der Waals surface area contributed by atoms with Crippen molar-refractivity contribution in [1.82, 2.24) is 0 Å². The smallest absolute Gasteiger partial charge is 0.181 e. The summed E-state index contributed by atoms with van der Waals surface area (Å²) >= 11 is 0. The third-order valence-corrected chi connectivity index (χ3v) is 2.72. The Bertz CT molecular complexity index is 376. The topological polar surface area (TPSA) is 52.3 Å². The molecule has 0 aliphatic rings. The van der Waals surface area contributed by atoms with Crippen LogP contribution in [0.15, 0.2) is 24.3 Å². The number of Topliss-reactive ketones (excluding diaryl/α,β-unsaturated/α-hetero) is 1. The van der Waals surface area contributed by atoms with Gasteiger partial charge in [-0.2, -0.15) is 0 Å². The molecule has 1 unspecified atom stereocenters. The van der Waals surface area contributed by atoms with Crippen LogP contribution in [0.5, 0.6) is 0 Å². The van der Waals surface area contributed by atoms with Crippen LogP contribution in [0.1, 0.15) is 36.7 Å².